The van der Waals surface area contributed by atoms with Gasteiger partial charge in [-0.05, 0) is 60.0 Å². The molecule has 4 rings (SSSR count). The topological polar surface area (TPSA) is 72.4 Å². The molecule has 26 heavy (non-hydrogen) atoms. The third kappa shape index (κ3) is 3.08. The monoisotopic (exact) mass is 346 g/mol. The number of nitrogens with zero attached hydrogens (tertiary/aromatic N) is 2. The van der Waals surface area contributed by atoms with Crippen molar-refractivity contribution in [2.24, 2.45) is 17.8 Å². The van der Waals surface area contributed by atoms with Crippen LogP contribution in [0.3, 0.4) is 0 Å². The van der Waals surface area contributed by atoms with E-state index in [1.54, 1.807) is 11.6 Å². The lowest BCUT2D eigenvalue weighted by molar-refractivity contribution is 0.869. The summed E-state index contributed by atoms with van der Waals surface area (Å²) in [4.78, 5) is 16.9. The lowest BCUT2D eigenvalue weighted by atomic mass is 10.1. The molecule has 3 N–H and O–H groups in total. The van der Waals surface area contributed by atoms with Crippen molar-refractivity contribution in [1.82, 2.24) is 4.57 Å². The summed E-state index contributed by atoms with van der Waals surface area (Å²) in [5, 5.41) is 4.15. The minimum absolute atomic E-state index is 0.0437. The second-order valence-electron chi connectivity index (χ2n) is 6.76. The smallest absolute Gasteiger partial charge is 0.255 e. The van der Waals surface area contributed by atoms with Gasteiger partial charge in [-0.25, -0.2) is 4.99 Å². The van der Waals surface area contributed by atoms with Gasteiger partial charge >= 0.3 is 0 Å². The van der Waals surface area contributed by atoms with Gasteiger partial charge in [0.05, 0.1) is 12.1 Å². The number of aliphatic imine (C=N–C) groups is 1. The molecule has 0 amide bonds. The third-order valence-corrected chi connectivity index (χ3v) is 5.00. The summed E-state index contributed by atoms with van der Waals surface area (Å²) in [7, 11) is 1.78. The molecule has 0 unspecified atom stereocenters. The Hall–Kier alpha value is -3.08. The SMILES string of the molecule is Cn1c(=O)c(CN=C(N)Nc2ccc3c(c2)CCC3)cc2ccccc21. The van der Waals surface area contributed by atoms with Crippen LogP contribution in [0.15, 0.2) is 58.3 Å². The molecule has 3 aromatic rings. The molecule has 0 spiro atoms. The van der Waals surface area contributed by atoms with Crippen molar-refractivity contribution < 1.29 is 0 Å². The minimum Gasteiger partial charge on any atom is -0.370 e. The Bertz CT molecular complexity index is 1070. The van der Waals surface area contributed by atoms with Crippen molar-refractivity contribution in [1.29, 1.82) is 0 Å². The molecule has 2 aromatic carbocycles. The molecule has 1 aliphatic carbocycles. The number of pyridine rings is 1. The molecule has 1 aliphatic rings. The van der Waals surface area contributed by atoms with Crippen molar-refractivity contribution in [2.45, 2.75) is 25.8 Å². The number of fused-ring (bicyclic) bond motifs is 2. The van der Waals surface area contributed by atoms with Crippen LogP contribution in [0.1, 0.15) is 23.1 Å². The Labute approximate surface area is 152 Å². The van der Waals surface area contributed by atoms with Gasteiger partial charge in [-0.1, -0.05) is 24.3 Å². The molecule has 0 radical (unpaired) electrons. The van der Waals surface area contributed by atoms with E-state index in [1.807, 2.05) is 36.4 Å². The number of nitrogens with two attached hydrogens (primary N) is 1. The highest BCUT2D eigenvalue weighted by atomic mass is 16.1. The van der Waals surface area contributed by atoms with Gasteiger partial charge in [0.1, 0.15) is 0 Å². The van der Waals surface area contributed by atoms with Gasteiger partial charge in [-0.2, -0.15) is 0 Å². The Morgan fingerprint density at radius 2 is 1.96 bits per heavy atom. The summed E-state index contributed by atoms with van der Waals surface area (Å²) in [5.41, 5.74) is 11.3. The van der Waals surface area contributed by atoms with E-state index in [-0.39, 0.29) is 12.1 Å². The molecule has 132 valence electrons. The van der Waals surface area contributed by atoms with Crippen LogP contribution in [-0.2, 0) is 26.4 Å². The summed E-state index contributed by atoms with van der Waals surface area (Å²) in [6.07, 6.45) is 3.49. The number of anilines is 1. The van der Waals surface area contributed by atoms with E-state index in [0.717, 1.165) is 29.4 Å². The van der Waals surface area contributed by atoms with Gasteiger partial charge in [0.15, 0.2) is 5.96 Å². The zero-order chi connectivity index (χ0) is 18.1. The fourth-order valence-corrected chi connectivity index (χ4v) is 3.61. The Balaban J connectivity index is 1.55. The first-order valence-corrected chi connectivity index (χ1v) is 8.88. The van der Waals surface area contributed by atoms with E-state index in [1.165, 1.54) is 17.5 Å². The van der Waals surface area contributed by atoms with Gasteiger partial charge < -0.3 is 15.6 Å². The van der Waals surface area contributed by atoms with Crippen molar-refractivity contribution >= 4 is 22.5 Å². The van der Waals surface area contributed by atoms with Gasteiger partial charge in [0, 0.05) is 18.3 Å². The summed E-state index contributed by atoms with van der Waals surface area (Å²) in [6.45, 7) is 0.251. The number of aromatic nitrogens is 1. The number of guanidine groups is 1. The largest absolute Gasteiger partial charge is 0.370 e. The molecular formula is C21H22N4O. The lowest BCUT2D eigenvalue weighted by Gasteiger charge is -2.09. The van der Waals surface area contributed by atoms with E-state index >= 15 is 0 Å². The van der Waals surface area contributed by atoms with Gasteiger partial charge in [-0.3, -0.25) is 4.79 Å². The fourth-order valence-electron chi connectivity index (χ4n) is 3.61. The van der Waals surface area contributed by atoms with Crippen LogP contribution in [0, 0.1) is 0 Å². The fraction of sp³-hybridized carbons (Fsp3) is 0.238. The maximum atomic E-state index is 12.5. The third-order valence-electron chi connectivity index (χ3n) is 5.00. The van der Waals surface area contributed by atoms with E-state index < -0.39 is 0 Å². The second kappa shape index (κ2) is 6.67. The minimum atomic E-state index is -0.0437. The predicted octanol–water partition coefficient (Wildman–Crippen LogP) is 2.95. The Kier molecular flexibility index (Phi) is 4.21. The first-order valence-electron chi connectivity index (χ1n) is 8.88. The number of aryl methyl sites for hydroxylation is 3. The first kappa shape index (κ1) is 16.4. The molecule has 5 nitrogen and oxygen atoms in total. The summed E-state index contributed by atoms with van der Waals surface area (Å²) >= 11 is 0. The summed E-state index contributed by atoms with van der Waals surface area (Å²) in [5.74, 6) is 0.318. The van der Waals surface area contributed by atoms with Crippen LogP contribution in [0.4, 0.5) is 5.69 Å². The second-order valence-corrected chi connectivity index (χ2v) is 6.76. The van der Waals surface area contributed by atoms with E-state index in [0.29, 0.717) is 11.5 Å². The van der Waals surface area contributed by atoms with Crippen LogP contribution < -0.4 is 16.6 Å². The molecule has 0 aliphatic heterocycles. The Morgan fingerprint density at radius 3 is 2.85 bits per heavy atom. The van der Waals surface area contributed by atoms with Crippen molar-refractivity contribution in [3.63, 3.8) is 0 Å². The zero-order valence-corrected chi connectivity index (χ0v) is 14.8. The molecule has 0 bridgehead atoms. The zero-order valence-electron chi connectivity index (χ0n) is 14.8. The molecular weight excluding hydrogens is 324 g/mol. The maximum Gasteiger partial charge on any atom is 0.255 e. The molecule has 0 saturated heterocycles. The summed E-state index contributed by atoms with van der Waals surface area (Å²) in [6, 6.07) is 16.0. The molecule has 1 heterocycles. The highest BCUT2D eigenvalue weighted by molar-refractivity contribution is 5.92. The number of hydrogen-bond acceptors (Lipinski definition) is 2. The van der Waals surface area contributed by atoms with Crippen molar-refractivity contribution in [3.8, 4) is 0 Å². The summed E-state index contributed by atoms with van der Waals surface area (Å²) < 4.78 is 1.66. The van der Waals surface area contributed by atoms with Crippen molar-refractivity contribution in [3.05, 3.63) is 75.6 Å². The van der Waals surface area contributed by atoms with Crippen LogP contribution >= 0.6 is 0 Å². The molecule has 0 saturated carbocycles. The Morgan fingerprint density at radius 1 is 1.15 bits per heavy atom. The molecule has 1 aromatic heterocycles. The number of hydrogen-bond donors (Lipinski definition) is 2. The molecule has 0 fully saturated rings. The normalized spacial score (nSPS) is 13.8. The lowest BCUT2D eigenvalue weighted by Crippen LogP contribution is -2.25. The van der Waals surface area contributed by atoms with Crippen LogP contribution in [0.2, 0.25) is 0 Å². The number of para-hydroxylation sites is 1. The van der Waals surface area contributed by atoms with Gasteiger partial charge in [0.25, 0.3) is 5.56 Å². The van der Waals surface area contributed by atoms with Gasteiger partial charge in [0.2, 0.25) is 0 Å². The molecule has 5 heteroatoms. The maximum absolute atomic E-state index is 12.5. The quantitative estimate of drug-likeness (QED) is 0.566. The average molecular weight is 346 g/mol. The van der Waals surface area contributed by atoms with Crippen LogP contribution in [0.25, 0.3) is 10.9 Å². The number of rotatable bonds is 3. The van der Waals surface area contributed by atoms with Gasteiger partial charge in [-0.15, -0.1) is 0 Å². The molecule has 0 atom stereocenters. The predicted molar refractivity (Wildman–Crippen MR) is 107 cm³/mol. The first-order chi connectivity index (χ1) is 12.6. The number of benzene rings is 2. The standard InChI is InChI=1S/C21H22N4O/c1-25-19-8-3-2-5-16(19)11-17(20(25)26)13-23-21(22)24-18-10-9-14-6-4-7-15(14)12-18/h2-3,5,8-12H,4,6-7,13H2,1H3,(H3,22,23,24). The van der Waals surface area contributed by atoms with E-state index in [2.05, 4.69) is 22.4 Å². The number of nitrogens with one attached hydrogen (secondary N) is 1. The van der Waals surface area contributed by atoms with E-state index in [9.17, 15) is 4.79 Å². The highest BCUT2D eigenvalue weighted by Gasteiger charge is 2.11. The van der Waals surface area contributed by atoms with Crippen LogP contribution in [-0.4, -0.2) is 10.5 Å². The highest BCUT2D eigenvalue weighted by Crippen LogP contribution is 2.24. The van der Waals surface area contributed by atoms with Crippen molar-refractivity contribution in [2.75, 3.05) is 5.32 Å². The van der Waals surface area contributed by atoms with Crippen LogP contribution in [0.5, 0.6) is 0 Å². The average Bonchev–Trinajstić information content (AvgIpc) is 3.11. The van der Waals surface area contributed by atoms with E-state index in [4.69, 9.17) is 5.73 Å².